The van der Waals surface area contributed by atoms with Crippen LogP contribution in [-0.4, -0.2) is 35.8 Å². The highest BCUT2D eigenvalue weighted by Gasteiger charge is 2.27. The fraction of sp³-hybridized carbons (Fsp3) is 0.462. The molecule has 0 heterocycles. The third-order valence-corrected chi connectivity index (χ3v) is 5.50. The van der Waals surface area contributed by atoms with Crippen molar-refractivity contribution in [2.75, 3.05) is 13.1 Å². The van der Waals surface area contributed by atoms with E-state index in [1.807, 2.05) is 32.0 Å². The molecule has 2 amide bonds. The molecule has 0 fully saturated rings. The number of likely N-dealkylation sites (N-methyl/N-ethyl adjacent to an activating group) is 1. The molecule has 0 aliphatic rings. The monoisotopic (exact) mass is 408 g/mol. The normalized spacial score (nSPS) is 11.9. The Morgan fingerprint density at radius 3 is 2.10 bits per heavy atom. The third kappa shape index (κ3) is 7.01. The van der Waals surface area contributed by atoms with E-state index in [4.69, 9.17) is 0 Å². The number of hydrogen-bond donors (Lipinski definition) is 1. The molecule has 0 aliphatic carbocycles. The lowest BCUT2D eigenvalue weighted by atomic mass is 10.00. The number of carbonyl (C=O) groups is 2. The van der Waals surface area contributed by atoms with Crippen molar-refractivity contribution in [3.05, 3.63) is 71.3 Å². The molecule has 30 heavy (non-hydrogen) atoms. The molecule has 2 aromatic rings. The lowest BCUT2D eigenvalue weighted by molar-refractivity contribution is -0.140. The standard InChI is InChI=1S/C26H36N2O2/c1-5-24(26(30)27-6-2)28(19-18-21-10-8-7-9-11-21)25(29)17-14-22-12-15-23(16-13-22)20(3)4/h7-13,15-16,20,24H,5-6,14,17-19H2,1-4H3,(H,27,30). The van der Waals surface area contributed by atoms with E-state index in [0.717, 1.165) is 12.0 Å². The average molecular weight is 409 g/mol. The number of rotatable bonds is 11. The van der Waals surface area contributed by atoms with Crippen LogP contribution in [0.2, 0.25) is 0 Å². The Balaban J connectivity index is 2.08. The molecular formula is C26H36N2O2. The minimum Gasteiger partial charge on any atom is -0.355 e. The van der Waals surface area contributed by atoms with Gasteiger partial charge in [0.2, 0.25) is 11.8 Å². The fourth-order valence-electron chi connectivity index (χ4n) is 3.65. The summed E-state index contributed by atoms with van der Waals surface area (Å²) in [6.07, 6.45) is 2.44. The number of hydrogen-bond acceptors (Lipinski definition) is 2. The molecule has 4 heteroatoms. The van der Waals surface area contributed by atoms with Crippen LogP contribution in [-0.2, 0) is 22.4 Å². The largest absolute Gasteiger partial charge is 0.355 e. The van der Waals surface area contributed by atoms with Gasteiger partial charge in [-0.25, -0.2) is 0 Å². The van der Waals surface area contributed by atoms with Crippen LogP contribution in [0, 0.1) is 0 Å². The first-order chi connectivity index (χ1) is 14.5. The first-order valence-corrected chi connectivity index (χ1v) is 11.2. The van der Waals surface area contributed by atoms with Gasteiger partial charge in [0.1, 0.15) is 6.04 Å². The average Bonchev–Trinajstić information content (AvgIpc) is 2.76. The zero-order chi connectivity index (χ0) is 21.9. The lowest BCUT2D eigenvalue weighted by Crippen LogP contribution is -2.50. The van der Waals surface area contributed by atoms with Gasteiger partial charge < -0.3 is 10.2 Å². The van der Waals surface area contributed by atoms with E-state index < -0.39 is 6.04 Å². The summed E-state index contributed by atoms with van der Waals surface area (Å²) in [7, 11) is 0. The highest BCUT2D eigenvalue weighted by atomic mass is 16.2. The minimum absolute atomic E-state index is 0.0389. The van der Waals surface area contributed by atoms with E-state index in [1.54, 1.807) is 4.90 Å². The van der Waals surface area contributed by atoms with E-state index in [0.29, 0.717) is 38.3 Å². The van der Waals surface area contributed by atoms with Crippen LogP contribution in [0.15, 0.2) is 54.6 Å². The van der Waals surface area contributed by atoms with Crippen molar-refractivity contribution in [1.82, 2.24) is 10.2 Å². The van der Waals surface area contributed by atoms with Crippen LogP contribution >= 0.6 is 0 Å². The molecular weight excluding hydrogens is 372 g/mol. The second kappa shape index (κ2) is 12.2. The summed E-state index contributed by atoms with van der Waals surface area (Å²) < 4.78 is 0. The summed E-state index contributed by atoms with van der Waals surface area (Å²) in [6, 6.07) is 18.2. The molecule has 0 saturated heterocycles. The fourth-order valence-corrected chi connectivity index (χ4v) is 3.65. The highest BCUT2D eigenvalue weighted by Crippen LogP contribution is 2.17. The molecule has 1 atom stereocenters. The molecule has 0 saturated carbocycles. The van der Waals surface area contributed by atoms with Gasteiger partial charge in [-0.15, -0.1) is 0 Å². The molecule has 2 rings (SSSR count). The van der Waals surface area contributed by atoms with E-state index in [-0.39, 0.29) is 11.8 Å². The topological polar surface area (TPSA) is 49.4 Å². The van der Waals surface area contributed by atoms with Crippen molar-refractivity contribution in [1.29, 1.82) is 0 Å². The number of amides is 2. The first kappa shape index (κ1) is 23.7. The SMILES string of the molecule is CCNC(=O)C(CC)N(CCc1ccccc1)C(=O)CCc1ccc(C(C)C)cc1. The Labute approximate surface area is 181 Å². The van der Waals surface area contributed by atoms with E-state index in [1.165, 1.54) is 11.1 Å². The first-order valence-electron chi connectivity index (χ1n) is 11.2. The smallest absolute Gasteiger partial charge is 0.242 e. The Bertz CT molecular complexity index is 784. The molecule has 0 aromatic heterocycles. The van der Waals surface area contributed by atoms with Crippen LogP contribution in [0.3, 0.4) is 0 Å². The highest BCUT2D eigenvalue weighted by molar-refractivity contribution is 5.87. The van der Waals surface area contributed by atoms with E-state index in [9.17, 15) is 9.59 Å². The summed E-state index contributed by atoms with van der Waals surface area (Å²) in [5, 5.41) is 2.89. The van der Waals surface area contributed by atoms with Gasteiger partial charge >= 0.3 is 0 Å². The lowest BCUT2D eigenvalue weighted by Gasteiger charge is -2.30. The van der Waals surface area contributed by atoms with Gasteiger partial charge in [0.15, 0.2) is 0 Å². The second-order valence-electron chi connectivity index (χ2n) is 8.04. The van der Waals surface area contributed by atoms with Crippen molar-refractivity contribution in [2.45, 2.75) is 65.3 Å². The third-order valence-electron chi connectivity index (χ3n) is 5.50. The zero-order valence-corrected chi connectivity index (χ0v) is 18.9. The predicted octanol–water partition coefficient (Wildman–Crippen LogP) is 4.73. The molecule has 2 aromatic carbocycles. The number of aryl methyl sites for hydroxylation is 1. The molecule has 162 valence electrons. The van der Waals surface area contributed by atoms with Gasteiger partial charge in [-0.2, -0.15) is 0 Å². The van der Waals surface area contributed by atoms with Gasteiger partial charge in [0, 0.05) is 19.5 Å². The number of benzene rings is 2. The van der Waals surface area contributed by atoms with Crippen molar-refractivity contribution >= 4 is 11.8 Å². The van der Waals surface area contributed by atoms with Crippen LogP contribution in [0.4, 0.5) is 0 Å². The molecule has 0 aliphatic heterocycles. The van der Waals surface area contributed by atoms with Crippen LogP contribution in [0.5, 0.6) is 0 Å². The van der Waals surface area contributed by atoms with Gasteiger partial charge in [0.25, 0.3) is 0 Å². The number of nitrogens with one attached hydrogen (secondary N) is 1. The maximum Gasteiger partial charge on any atom is 0.242 e. The van der Waals surface area contributed by atoms with Gasteiger partial charge in [-0.1, -0.05) is 75.4 Å². The van der Waals surface area contributed by atoms with Crippen molar-refractivity contribution in [3.63, 3.8) is 0 Å². The Kier molecular flexibility index (Phi) is 9.59. The van der Waals surface area contributed by atoms with Crippen molar-refractivity contribution in [3.8, 4) is 0 Å². The quantitative estimate of drug-likeness (QED) is 0.584. The van der Waals surface area contributed by atoms with Crippen LogP contribution in [0.1, 0.15) is 63.1 Å². The summed E-state index contributed by atoms with van der Waals surface area (Å²) in [5.41, 5.74) is 3.63. The van der Waals surface area contributed by atoms with Gasteiger partial charge in [-0.05, 0) is 48.8 Å². The maximum absolute atomic E-state index is 13.2. The summed E-state index contributed by atoms with van der Waals surface area (Å²) in [4.78, 5) is 27.5. The maximum atomic E-state index is 13.2. The molecule has 0 radical (unpaired) electrons. The Morgan fingerprint density at radius 2 is 1.53 bits per heavy atom. The van der Waals surface area contributed by atoms with Crippen LogP contribution in [0.25, 0.3) is 0 Å². The predicted molar refractivity (Wildman–Crippen MR) is 123 cm³/mol. The molecule has 1 unspecified atom stereocenters. The molecule has 1 N–H and O–H groups in total. The molecule has 4 nitrogen and oxygen atoms in total. The number of carbonyl (C=O) groups excluding carboxylic acids is 2. The van der Waals surface area contributed by atoms with Crippen molar-refractivity contribution < 1.29 is 9.59 Å². The van der Waals surface area contributed by atoms with Crippen LogP contribution < -0.4 is 5.32 Å². The van der Waals surface area contributed by atoms with Crippen molar-refractivity contribution in [2.24, 2.45) is 0 Å². The zero-order valence-electron chi connectivity index (χ0n) is 18.9. The second-order valence-corrected chi connectivity index (χ2v) is 8.04. The van der Waals surface area contributed by atoms with Gasteiger partial charge in [-0.3, -0.25) is 9.59 Å². The van der Waals surface area contributed by atoms with E-state index in [2.05, 4.69) is 55.6 Å². The van der Waals surface area contributed by atoms with Gasteiger partial charge in [0.05, 0.1) is 0 Å². The Morgan fingerprint density at radius 1 is 0.900 bits per heavy atom. The molecule has 0 spiro atoms. The Hall–Kier alpha value is -2.62. The molecule has 0 bridgehead atoms. The number of nitrogens with zero attached hydrogens (tertiary/aromatic N) is 1. The summed E-state index contributed by atoms with van der Waals surface area (Å²) >= 11 is 0. The summed E-state index contributed by atoms with van der Waals surface area (Å²) in [6.45, 7) is 9.34. The minimum atomic E-state index is -0.426. The summed E-state index contributed by atoms with van der Waals surface area (Å²) in [5.74, 6) is 0.469. The van der Waals surface area contributed by atoms with E-state index >= 15 is 0 Å².